The lowest BCUT2D eigenvalue weighted by atomic mass is 9.95. The lowest BCUT2D eigenvalue weighted by Gasteiger charge is -2.34. The molecule has 3 nitrogen and oxygen atoms in total. The summed E-state index contributed by atoms with van der Waals surface area (Å²) in [5.74, 6) is 0.751. The third-order valence-corrected chi connectivity index (χ3v) is 3.83. The van der Waals surface area contributed by atoms with Crippen molar-refractivity contribution in [2.24, 2.45) is 5.92 Å². The van der Waals surface area contributed by atoms with Gasteiger partial charge in [0.2, 0.25) is 0 Å². The summed E-state index contributed by atoms with van der Waals surface area (Å²) < 4.78 is 13.8. The summed E-state index contributed by atoms with van der Waals surface area (Å²) in [5.41, 5.74) is 0.154. The monoisotopic (exact) mass is 299 g/mol. The molecule has 1 aromatic heterocycles. The fraction of sp³-hybridized carbons (Fsp3) is 0.667. The lowest BCUT2D eigenvalue weighted by Crippen LogP contribution is -2.43. The Bertz CT molecular complexity index is 451. The molecule has 20 heavy (non-hydrogen) atoms. The topological polar surface area (TPSA) is 28.2 Å². The number of nitrogens with zero attached hydrogens (tertiary/aromatic N) is 2. The normalized spacial score (nSPS) is 17.6. The SMILES string of the molecule is CC(C)(C)NCC1CCN(c2ncc(Cl)cc2F)CC1. The van der Waals surface area contributed by atoms with Crippen LogP contribution in [0.25, 0.3) is 0 Å². The molecule has 1 aliphatic rings. The number of piperidine rings is 1. The van der Waals surface area contributed by atoms with E-state index >= 15 is 0 Å². The highest BCUT2D eigenvalue weighted by Gasteiger charge is 2.23. The maximum Gasteiger partial charge on any atom is 0.167 e. The summed E-state index contributed by atoms with van der Waals surface area (Å²) in [6.07, 6.45) is 3.63. The molecule has 0 atom stereocenters. The van der Waals surface area contributed by atoms with E-state index in [-0.39, 0.29) is 11.4 Å². The highest BCUT2D eigenvalue weighted by atomic mass is 35.5. The molecule has 112 valence electrons. The number of pyridine rings is 1. The zero-order chi connectivity index (χ0) is 14.8. The van der Waals surface area contributed by atoms with Gasteiger partial charge in [0.05, 0.1) is 5.02 Å². The zero-order valence-electron chi connectivity index (χ0n) is 12.4. The standard InChI is InChI=1S/C15H23ClFN3/c1-15(2,3)19-9-11-4-6-20(7-5-11)14-13(17)8-12(16)10-18-14/h8,10-11,19H,4-7,9H2,1-3H3. The summed E-state index contributed by atoms with van der Waals surface area (Å²) in [4.78, 5) is 6.13. The van der Waals surface area contributed by atoms with Crippen LogP contribution in [0.3, 0.4) is 0 Å². The third-order valence-electron chi connectivity index (χ3n) is 3.62. The molecule has 1 fully saturated rings. The first kappa shape index (κ1) is 15.5. The molecule has 5 heteroatoms. The van der Waals surface area contributed by atoms with Crippen molar-refractivity contribution in [2.45, 2.75) is 39.2 Å². The molecule has 1 aromatic rings. The number of hydrogen-bond donors (Lipinski definition) is 1. The maximum absolute atomic E-state index is 13.8. The first-order valence-electron chi connectivity index (χ1n) is 7.16. The van der Waals surface area contributed by atoms with Crippen LogP contribution < -0.4 is 10.2 Å². The molecule has 0 spiro atoms. The first-order valence-corrected chi connectivity index (χ1v) is 7.54. The van der Waals surface area contributed by atoms with E-state index in [4.69, 9.17) is 11.6 Å². The first-order chi connectivity index (χ1) is 9.35. The Morgan fingerprint density at radius 3 is 2.60 bits per heavy atom. The highest BCUT2D eigenvalue weighted by molar-refractivity contribution is 6.30. The maximum atomic E-state index is 13.8. The fourth-order valence-electron chi connectivity index (χ4n) is 2.44. The van der Waals surface area contributed by atoms with Crippen LogP contribution in [0.15, 0.2) is 12.3 Å². The molecule has 1 N–H and O–H groups in total. The minimum atomic E-state index is -0.330. The van der Waals surface area contributed by atoms with Gasteiger partial charge < -0.3 is 10.2 Å². The highest BCUT2D eigenvalue weighted by Crippen LogP contribution is 2.25. The molecule has 1 saturated heterocycles. The Labute approximate surface area is 125 Å². The second-order valence-corrected chi connectivity index (χ2v) is 6.96. The summed E-state index contributed by atoms with van der Waals surface area (Å²) >= 11 is 5.73. The van der Waals surface area contributed by atoms with Crippen molar-refractivity contribution >= 4 is 17.4 Å². The minimum absolute atomic E-state index is 0.154. The summed E-state index contributed by atoms with van der Waals surface area (Å²) in [5, 5.41) is 3.88. The van der Waals surface area contributed by atoms with Crippen LogP contribution in [0.5, 0.6) is 0 Å². The summed E-state index contributed by atoms with van der Waals surface area (Å²) in [6.45, 7) is 9.25. The van der Waals surface area contributed by atoms with E-state index in [1.165, 1.54) is 12.3 Å². The molecule has 0 aliphatic carbocycles. The summed E-state index contributed by atoms with van der Waals surface area (Å²) in [7, 11) is 0. The van der Waals surface area contributed by atoms with Crippen molar-refractivity contribution in [3.05, 3.63) is 23.1 Å². The molecule has 0 aromatic carbocycles. The average Bonchev–Trinajstić information content (AvgIpc) is 2.36. The Morgan fingerprint density at radius 1 is 1.40 bits per heavy atom. The van der Waals surface area contributed by atoms with Gasteiger partial charge in [-0.1, -0.05) is 11.6 Å². The van der Waals surface area contributed by atoms with Crippen molar-refractivity contribution in [3.63, 3.8) is 0 Å². The van der Waals surface area contributed by atoms with Crippen LogP contribution in [-0.2, 0) is 0 Å². The van der Waals surface area contributed by atoms with Crippen LogP contribution in [0.1, 0.15) is 33.6 Å². The molecule has 1 aliphatic heterocycles. The van der Waals surface area contributed by atoms with Crippen molar-refractivity contribution in [2.75, 3.05) is 24.5 Å². The second kappa shape index (κ2) is 6.27. The average molecular weight is 300 g/mol. The van der Waals surface area contributed by atoms with Gasteiger partial charge in [-0.2, -0.15) is 0 Å². The Kier molecular flexibility index (Phi) is 4.86. The second-order valence-electron chi connectivity index (χ2n) is 6.52. The van der Waals surface area contributed by atoms with Crippen molar-refractivity contribution in [1.82, 2.24) is 10.3 Å². The molecular weight excluding hydrogens is 277 g/mol. The number of rotatable bonds is 3. The van der Waals surface area contributed by atoms with E-state index in [0.29, 0.717) is 16.8 Å². The third kappa shape index (κ3) is 4.32. The number of aromatic nitrogens is 1. The minimum Gasteiger partial charge on any atom is -0.354 e. The smallest absolute Gasteiger partial charge is 0.167 e. The Balaban J connectivity index is 1.88. The predicted molar refractivity (Wildman–Crippen MR) is 81.9 cm³/mol. The molecule has 2 heterocycles. The largest absolute Gasteiger partial charge is 0.354 e. The number of halogens is 2. The molecule has 0 radical (unpaired) electrons. The lowest BCUT2D eigenvalue weighted by molar-refractivity contribution is 0.327. The van der Waals surface area contributed by atoms with Gasteiger partial charge in [-0.05, 0) is 52.1 Å². The van der Waals surface area contributed by atoms with Gasteiger partial charge in [0.1, 0.15) is 0 Å². The fourth-order valence-corrected chi connectivity index (χ4v) is 2.58. The van der Waals surface area contributed by atoms with Gasteiger partial charge in [0.25, 0.3) is 0 Å². The molecule has 0 saturated carbocycles. The van der Waals surface area contributed by atoms with Gasteiger partial charge in [-0.25, -0.2) is 9.37 Å². The Hall–Kier alpha value is -0.870. The quantitative estimate of drug-likeness (QED) is 0.926. The van der Waals surface area contributed by atoms with Crippen LogP contribution in [-0.4, -0.2) is 30.2 Å². The van der Waals surface area contributed by atoms with Gasteiger partial charge in [-0.15, -0.1) is 0 Å². The Morgan fingerprint density at radius 2 is 2.05 bits per heavy atom. The number of hydrogen-bond acceptors (Lipinski definition) is 3. The van der Waals surface area contributed by atoms with Gasteiger partial charge in [0.15, 0.2) is 11.6 Å². The van der Waals surface area contributed by atoms with Crippen molar-refractivity contribution < 1.29 is 4.39 Å². The van der Waals surface area contributed by atoms with E-state index < -0.39 is 0 Å². The molecule has 0 unspecified atom stereocenters. The number of nitrogens with one attached hydrogen (secondary N) is 1. The van der Waals surface area contributed by atoms with Gasteiger partial charge >= 0.3 is 0 Å². The molecule has 0 amide bonds. The van der Waals surface area contributed by atoms with E-state index in [1.807, 2.05) is 4.90 Å². The van der Waals surface area contributed by atoms with Crippen LogP contribution in [0, 0.1) is 11.7 Å². The zero-order valence-corrected chi connectivity index (χ0v) is 13.2. The molecule has 2 rings (SSSR count). The van der Waals surface area contributed by atoms with E-state index in [0.717, 1.165) is 32.5 Å². The van der Waals surface area contributed by atoms with E-state index in [2.05, 4.69) is 31.1 Å². The molecule has 0 bridgehead atoms. The molecular formula is C15H23ClFN3. The summed E-state index contributed by atoms with van der Waals surface area (Å²) in [6, 6.07) is 1.33. The van der Waals surface area contributed by atoms with E-state index in [9.17, 15) is 4.39 Å². The van der Waals surface area contributed by atoms with Crippen LogP contribution in [0.2, 0.25) is 5.02 Å². The van der Waals surface area contributed by atoms with Crippen molar-refractivity contribution in [3.8, 4) is 0 Å². The van der Waals surface area contributed by atoms with Gasteiger partial charge in [-0.3, -0.25) is 0 Å². The van der Waals surface area contributed by atoms with Crippen LogP contribution >= 0.6 is 11.6 Å². The van der Waals surface area contributed by atoms with E-state index in [1.54, 1.807) is 0 Å². The van der Waals surface area contributed by atoms with Crippen molar-refractivity contribution in [1.29, 1.82) is 0 Å². The predicted octanol–water partition coefficient (Wildman–Crippen LogP) is 3.48. The van der Waals surface area contributed by atoms with Crippen LogP contribution in [0.4, 0.5) is 10.2 Å². The number of anilines is 1. The van der Waals surface area contributed by atoms with Gasteiger partial charge in [0, 0.05) is 24.8 Å².